The predicted molar refractivity (Wildman–Crippen MR) is 56.8 cm³/mol. The average Bonchev–Trinajstić information content (AvgIpc) is 1.84. The number of quaternary nitrogens is 1. The van der Waals surface area contributed by atoms with E-state index in [-0.39, 0.29) is 0 Å². The van der Waals surface area contributed by atoms with Crippen molar-refractivity contribution in [2.45, 2.75) is 25.6 Å². The molecule has 0 spiro atoms. The number of hydrogen-bond donors (Lipinski definition) is 0. The van der Waals surface area contributed by atoms with Gasteiger partial charge in [0.1, 0.15) is 0 Å². The summed E-state index contributed by atoms with van der Waals surface area (Å²) < 4.78 is 6.55. The average molecular weight is 190 g/mol. The number of nitrogens with zero attached hydrogens (tertiary/aromatic N) is 1. The molecule has 0 aliphatic carbocycles. The van der Waals surface area contributed by atoms with Crippen LogP contribution in [-0.4, -0.2) is 47.6 Å². The lowest BCUT2D eigenvalue weighted by atomic mass is 10.4. The summed E-state index contributed by atoms with van der Waals surface area (Å²) in [7, 11) is 7.27. The van der Waals surface area contributed by atoms with Gasteiger partial charge in [-0.3, -0.25) is 0 Å². The molecule has 0 saturated carbocycles. The lowest BCUT2D eigenvalue weighted by Crippen LogP contribution is -2.37. The summed E-state index contributed by atoms with van der Waals surface area (Å²) in [5.74, 6) is 0. The molecule has 2 nitrogen and oxygen atoms in total. The zero-order chi connectivity index (χ0) is 9.83. The molecule has 0 unspecified atom stereocenters. The molecule has 0 aromatic rings. The van der Waals surface area contributed by atoms with Gasteiger partial charge in [0, 0.05) is 7.11 Å². The third-order valence-corrected chi connectivity index (χ3v) is 4.82. The van der Waals surface area contributed by atoms with E-state index in [0.717, 1.165) is 4.48 Å². The van der Waals surface area contributed by atoms with Crippen molar-refractivity contribution in [2.75, 3.05) is 34.8 Å². The maximum absolute atomic E-state index is 5.48. The summed E-state index contributed by atoms with van der Waals surface area (Å²) in [6, 6.07) is 1.28. The quantitative estimate of drug-likeness (QED) is 0.475. The summed E-state index contributed by atoms with van der Waals surface area (Å²) in [5, 5.41) is 0. The molecule has 0 fully saturated rings. The number of hydrogen-bond acceptors (Lipinski definition) is 1. The summed E-state index contributed by atoms with van der Waals surface area (Å²) >= 11 is 0. The summed E-state index contributed by atoms with van der Waals surface area (Å²) in [5.41, 5.74) is 0. The molecular weight excluding hydrogens is 166 g/mol. The van der Waals surface area contributed by atoms with Crippen LogP contribution in [0.5, 0.6) is 0 Å². The summed E-state index contributed by atoms with van der Waals surface area (Å²) in [4.78, 5) is 0. The second-order valence-corrected chi connectivity index (χ2v) is 9.51. The maximum Gasteiger partial charge on any atom is 0.186 e. The van der Waals surface area contributed by atoms with E-state index in [1.807, 2.05) is 7.11 Å². The van der Waals surface area contributed by atoms with Gasteiger partial charge < -0.3 is 8.91 Å². The SMILES string of the molecule is CO[Si](C)(C)CCC[N+](C)(C)C. The van der Waals surface area contributed by atoms with Crippen LogP contribution in [0.3, 0.4) is 0 Å². The fraction of sp³-hybridized carbons (Fsp3) is 1.00. The highest BCUT2D eigenvalue weighted by atomic mass is 28.4. The van der Waals surface area contributed by atoms with Gasteiger partial charge in [0.15, 0.2) is 8.32 Å². The Labute approximate surface area is 78.2 Å². The van der Waals surface area contributed by atoms with Crippen LogP contribution >= 0.6 is 0 Å². The lowest BCUT2D eigenvalue weighted by Gasteiger charge is -2.26. The first kappa shape index (κ1) is 12.1. The van der Waals surface area contributed by atoms with Crippen molar-refractivity contribution < 1.29 is 8.91 Å². The Morgan fingerprint density at radius 2 is 1.67 bits per heavy atom. The van der Waals surface area contributed by atoms with Gasteiger partial charge in [0.2, 0.25) is 0 Å². The van der Waals surface area contributed by atoms with Crippen LogP contribution in [0.2, 0.25) is 19.1 Å². The highest BCUT2D eigenvalue weighted by Crippen LogP contribution is 2.13. The van der Waals surface area contributed by atoms with Crippen molar-refractivity contribution in [3.63, 3.8) is 0 Å². The molecule has 74 valence electrons. The molecule has 3 heteroatoms. The Bertz CT molecular complexity index is 129. The fourth-order valence-corrected chi connectivity index (χ4v) is 2.29. The molecule has 12 heavy (non-hydrogen) atoms. The van der Waals surface area contributed by atoms with Crippen LogP contribution in [0, 0.1) is 0 Å². The summed E-state index contributed by atoms with van der Waals surface area (Å²) in [6.45, 7) is 5.81. The Hall–Kier alpha value is 0.137. The van der Waals surface area contributed by atoms with Gasteiger partial charge in [-0.1, -0.05) is 0 Å². The van der Waals surface area contributed by atoms with E-state index in [1.54, 1.807) is 0 Å². The van der Waals surface area contributed by atoms with Crippen molar-refractivity contribution >= 4 is 8.32 Å². The van der Waals surface area contributed by atoms with Gasteiger partial charge in [-0.25, -0.2) is 0 Å². The minimum Gasteiger partial charge on any atom is -0.420 e. The topological polar surface area (TPSA) is 9.23 Å². The molecule has 0 rings (SSSR count). The van der Waals surface area contributed by atoms with E-state index >= 15 is 0 Å². The molecule has 0 aromatic heterocycles. The maximum atomic E-state index is 5.48. The molecule has 0 heterocycles. The Morgan fingerprint density at radius 3 is 2.00 bits per heavy atom. The molecule has 0 aliphatic heterocycles. The molecule has 0 saturated heterocycles. The third kappa shape index (κ3) is 6.82. The number of rotatable bonds is 5. The second-order valence-electron chi connectivity index (χ2n) is 5.08. The van der Waals surface area contributed by atoms with Gasteiger partial charge in [0.25, 0.3) is 0 Å². The molecular formula is C9H24NOSi+. The fourth-order valence-electron chi connectivity index (χ4n) is 1.08. The Balaban J connectivity index is 3.57. The first-order chi connectivity index (χ1) is 5.27. The van der Waals surface area contributed by atoms with E-state index in [2.05, 4.69) is 34.2 Å². The van der Waals surface area contributed by atoms with Gasteiger partial charge >= 0.3 is 0 Å². The van der Waals surface area contributed by atoms with Crippen LogP contribution < -0.4 is 0 Å². The molecule has 0 N–H and O–H groups in total. The Morgan fingerprint density at radius 1 is 1.17 bits per heavy atom. The van der Waals surface area contributed by atoms with Crippen molar-refractivity contribution in [1.29, 1.82) is 0 Å². The van der Waals surface area contributed by atoms with Crippen LogP contribution in [0.1, 0.15) is 6.42 Å². The van der Waals surface area contributed by atoms with Crippen molar-refractivity contribution in [2.24, 2.45) is 0 Å². The van der Waals surface area contributed by atoms with Crippen molar-refractivity contribution in [3.05, 3.63) is 0 Å². The van der Waals surface area contributed by atoms with E-state index in [4.69, 9.17) is 4.43 Å². The van der Waals surface area contributed by atoms with Crippen LogP contribution in [0.25, 0.3) is 0 Å². The van der Waals surface area contributed by atoms with E-state index in [0.29, 0.717) is 0 Å². The van der Waals surface area contributed by atoms with Gasteiger partial charge in [-0.05, 0) is 25.6 Å². The molecule has 0 radical (unpaired) electrons. The minimum absolute atomic E-state index is 1.06. The third-order valence-electron chi connectivity index (χ3n) is 2.16. The highest BCUT2D eigenvalue weighted by Gasteiger charge is 2.21. The Kier molecular flexibility index (Phi) is 4.44. The van der Waals surface area contributed by atoms with Crippen molar-refractivity contribution in [1.82, 2.24) is 0 Å². The normalized spacial score (nSPS) is 13.5. The van der Waals surface area contributed by atoms with E-state index in [9.17, 15) is 0 Å². The summed E-state index contributed by atoms with van der Waals surface area (Å²) in [6.07, 6.45) is 1.29. The van der Waals surface area contributed by atoms with E-state index < -0.39 is 8.32 Å². The van der Waals surface area contributed by atoms with Gasteiger partial charge in [-0.2, -0.15) is 0 Å². The standard InChI is InChI=1S/C9H24NOSi/c1-10(2,3)8-7-9-12(5,6)11-4/h7-9H2,1-6H3/q+1. The second kappa shape index (κ2) is 4.39. The van der Waals surface area contributed by atoms with Gasteiger partial charge in [-0.15, -0.1) is 0 Å². The first-order valence-electron chi connectivity index (χ1n) is 4.62. The monoisotopic (exact) mass is 190 g/mol. The van der Waals surface area contributed by atoms with Crippen molar-refractivity contribution in [3.8, 4) is 0 Å². The first-order valence-corrected chi connectivity index (χ1v) is 7.74. The molecule has 0 bridgehead atoms. The molecule has 0 atom stereocenters. The van der Waals surface area contributed by atoms with Crippen LogP contribution in [0.4, 0.5) is 0 Å². The molecule has 0 aromatic carbocycles. The lowest BCUT2D eigenvalue weighted by molar-refractivity contribution is -0.870. The largest absolute Gasteiger partial charge is 0.420 e. The predicted octanol–water partition coefficient (Wildman–Crippen LogP) is 1.93. The smallest absolute Gasteiger partial charge is 0.186 e. The zero-order valence-electron chi connectivity index (χ0n) is 9.48. The molecule has 0 aliphatic rings. The highest BCUT2D eigenvalue weighted by molar-refractivity contribution is 6.71. The van der Waals surface area contributed by atoms with Crippen LogP contribution in [-0.2, 0) is 4.43 Å². The zero-order valence-corrected chi connectivity index (χ0v) is 10.5. The van der Waals surface area contributed by atoms with E-state index in [1.165, 1.54) is 19.0 Å². The van der Waals surface area contributed by atoms with Gasteiger partial charge in [0.05, 0.1) is 27.7 Å². The van der Waals surface area contributed by atoms with Crippen LogP contribution in [0.15, 0.2) is 0 Å². The minimum atomic E-state index is -1.29. The molecule has 0 amide bonds.